The number of carbonyl (C=O) groups is 4. The van der Waals surface area contributed by atoms with Gasteiger partial charge in [-0.1, -0.05) is 261 Å². The number of aliphatic hydroxyl groups excluding tert-OH is 1. The highest BCUT2D eigenvalue weighted by Gasteiger charge is 2.30. The molecule has 0 aliphatic rings. The zero-order chi connectivity index (χ0) is 62.5. The average molecular weight is 1240 g/mol. The van der Waals surface area contributed by atoms with Gasteiger partial charge in [0, 0.05) is 25.7 Å². The zero-order valence-corrected chi connectivity index (χ0v) is 56.3. The topological polar surface area (TPSA) is 237 Å². The van der Waals surface area contributed by atoms with Gasteiger partial charge in [-0.25, -0.2) is 9.13 Å². The predicted octanol–water partition coefficient (Wildman–Crippen LogP) is 17.8. The van der Waals surface area contributed by atoms with Crippen molar-refractivity contribution in [2.45, 2.75) is 331 Å². The number of hydrogen-bond donors (Lipinski definition) is 3. The number of aliphatic hydroxyl groups is 1. The molecule has 0 aromatic rings. The summed E-state index contributed by atoms with van der Waals surface area (Å²) in [6, 6.07) is 0. The van der Waals surface area contributed by atoms with Crippen LogP contribution in [0.5, 0.6) is 0 Å². The van der Waals surface area contributed by atoms with Crippen molar-refractivity contribution in [1.29, 1.82) is 0 Å². The van der Waals surface area contributed by atoms with Crippen LogP contribution in [0.25, 0.3) is 0 Å². The standard InChI is InChI=1S/C65H126O17P2/c1-9-57(7)43-35-27-18-15-16-20-32-40-48-65(70)82-61(52-76-63(68)46-38-30-24-22-28-36-44-58(8)10-2)54-80-84(73,74)78-50-59(66)49-77-83(71,72)79-53-60(51-75-62(67)45-37-29-23-21-26-34-42-56(5)6)81-64(69)47-39-31-19-14-12-11-13-17-25-33-41-55(3)4/h55-61,66H,9-54H2,1-8H3,(H,71,72)(H,73,74)/t57?,58?,59-,60-,61-/m1/s1. The van der Waals surface area contributed by atoms with E-state index in [0.29, 0.717) is 31.6 Å². The molecule has 0 aromatic carbocycles. The Bertz CT molecular complexity index is 1680. The third-order valence-corrected chi connectivity index (χ3v) is 17.4. The molecule has 0 aromatic heterocycles. The van der Waals surface area contributed by atoms with Crippen LogP contribution in [0.15, 0.2) is 0 Å². The second-order valence-corrected chi connectivity index (χ2v) is 27.8. The van der Waals surface area contributed by atoms with E-state index in [1.54, 1.807) is 0 Å². The summed E-state index contributed by atoms with van der Waals surface area (Å²) in [5.74, 6) is 0.791. The molecular weight excluding hydrogens is 1110 g/mol. The third kappa shape index (κ3) is 56.6. The van der Waals surface area contributed by atoms with Gasteiger partial charge in [0.05, 0.1) is 26.4 Å². The summed E-state index contributed by atoms with van der Waals surface area (Å²) in [4.78, 5) is 72.3. The summed E-state index contributed by atoms with van der Waals surface area (Å²) < 4.78 is 68.0. The van der Waals surface area contributed by atoms with Gasteiger partial charge in [0.25, 0.3) is 0 Å². The highest BCUT2D eigenvalue weighted by molar-refractivity contribution is 7.47. The first kappa shape index (κ1) is 82.1. The van der Waals surface area contributed by atoms with Crippen molar-refractivity contribution in [2.75, 3.05) is 39.6 Å². The Labute approximate surface area is 511 Å². The number of hydrogen-bond acceptors (Lipinski definition) is 15. The number of phosphoric ester groups is 2. The lowest BCUT2D eigenvalue weighted by molar-refractivity contribution is -0.161. The first-order valence-electron chi connectivity index (χ1n) is 33.8. The number of carbonyl (C=O) groups excluding carboxylic acids is 4. The van der Waals surface area contributed by atoms with Gasteiger partial charge in [-0.3, -0.25) is 37.3 Å². The monoisotopic (exact) mass is 1240 g/mol. The summed E-state index contributed by atoms with van der Waals surface area (Å²) in [7, 11) is -9.89. The van der Waals surface area contributed by atoms with Crippen molar-refractivity contribution in [1.82, 2.24) is 0 Å². The van der Waals surface area contributed by atoms with Crippen LogP contribution in [-0.4, -0.2) is 96.7 Å². The fourth-order valence-electron chi connectivity index (χ4n) is 9.54. The van der Waals surface area contributed by atoms with Crippen molar-refractivity contribution in [2.24, 2.45) is 23.7 Å². The van der Waals surface area contributed by atoms with E-state index >= 15 is 0 Å². The summed E-state index contributed by atoms with van der Waals surface area (Å²) in [6.07, 6.45) is 34.9. The maximum Gasteiger partial charge on any atom is 0.472 e. The second-order valence-electron chi connectivity index (χ2n) is 24.9. The van der Waals surface area contributed by atoms with Crippen LogP contribution in [0.3, 0.4) is 0 Å². The Balaban J connectivity index is 5.26. The highest BCUT2D eigenvalue weighted by atomic mass is 31.2. The minimum absolute atomic E-state index is 0.103. The summed E-state index contributed by atoms with van der Waals surface area (Å²) in [6.45, 7) is 14.0. The minimum atomic E-state index is -4.95. The minimum Gasteiger partial charge on any atom is -0.462 e. The third-order valence-electron chi connectivity index (χ3n) is 15.5. The van der Waals surface area contributed by atoms with Crippen LogP contribution < -0.4 is 0 Å². The SMILES string of the molecule is CCC(C)CCCCCCCCCCC(=O)O[C@H](COC(=O)CCCCCCCCC(C)CC)COP(=O)(O)OC[C@H](O)COP(=O)(O)OC[C@@H](COC(=O)CCCCCCCCC(C)C)OC(=O)CCCCCCCCCCCCC(C)C. The molecule has 0 rings (SSSR count). The van der Waals surface area contributed by atoms with E-state index < -0.39 is 97.5 Å². The van der Waals surface area contributed by atoms with Crippen LogP contribution in [0.4, 0.5) is 0 Å². The Hall–Kier alpha value is -1.94. The van der Waals surface area contributed by atoms with Crippen molar-refractivity contribution in [3.05, 3.63) is 0 Å². The Morgan fingerprint density at radius 3 is 0.845 bits per heavy atom. The van der Waals surface area contributed by atoms with E-state index in [1.807, 2.05) is 0 Å². The number of phosphoric acid groups is 2. The second kappa shape index (κ2) is 55.2. The molecule has 498 valence electrons. The Morgan fingerprint density at radius 2 is 0.571 bits per heavy atom. The lowest BCUT2D eigenvalue weighted by Crippen LogP contribution is -2.30. The van der Waals surface area contributed by atoms with E-state index in [2.05, 4.69) is 55.4 Å². The zero-order valence-electron chi connectivity index (χ0n) is 54.5. The first-order valence-corrected chi connectivity index (χ1v) is 36.8. The highest BCUT2D eigenvalue weighted by Crippen LogP contribution is 2.45. The molecule has 84 heavy (non-hydrogen) atoms. The fourth-order valence-corrected chi connectivity index (χ4v) is 11.1. The van der Waals surface area contributed by atoms with Crippen molar-refractivity contribution < 1.29 is 80.2 Å². The Kier molecular flexibility index (Phi) is 53.9. The molecule has 4 unspecified atom stereocenters. The largest absolute Gasteiger partial charge is 0.472 e. The van der Waals surface area contributed by atoms with Crippen LogP contribution in [0.1, 0.15) is 312 Å². The predicted molar refractivity (Wildman–Crippen MR) is 335 cm³/mol. The fraction of sp³-hybridized carbons (Fsp3) is 0.938. The molecule has 0 amide bonds. The first-order chi connectivity index (χ1) is 40.2. The maximum atomic E-state index is 13.0. The molecule has 0 heterocycles. The molecule has 7 atom stereocenters. The van der Waals surface area contributed by atoms with Crippen LogP contribution >= 0.6 is 15.6 Å². The summed E-state index contributed by atoms with van der Waals surface area (Å²) in [5, 5.41) is 10.5. The molecule has 0 bridgehead atoms. The average Bonchev–Trinajstić information content (AvgIpc) is 3.50. The van der Waals surface area contributed by atoms with E-state index in [0.717, 1.165) is 120 Å². The van der Waals surface area contributed by atoms with Crippen LogP contribution in [0, 0.1) is 23.7 Å². The molecule has 0 fully saturated rings. The van der Waals surface area contributed by atoms with Gasteiger partial charge < -0.3 is 33.8 Å². The van der Waals surface area contributed by atoms with Gasteiger partial charge in [-0.2, -0.15) is 0 Å². The molecule has 0 aliphatic carbocycles. The van der Waals surface area contributed by atoms with Gasteiger partial charge >= 0.3 is 39.5 Å². The lowest BCUT2D eigenvalue weighted by atomic mass is 9.99. The van der Waals surface area contributed by atoms with E-state index in [1.165, 1.54) is 103 Å². The molecule has 17 nitrogen and oxygen atoms in total. The summed E-state index contributed by atoms with van der Waals surface area (Å²) in [5.41, 5.74) is 0. The number of ether oxygens (including phenoxy) is 4. The summed E-state index contributed by atoms with van der Waals surface area (Å²) >= 11 is 0. The molecule has 0 saturated carbocycles. The number of unbranched alkanes of at least 4 members (excludes halogenated alkanes) is 26. The van der Waals surface area contributed by atoms with Gasteiger partial charge in [0.1, 0.15) is 19.3 Å². The smallest absolute Gasteiger partial charge is 0.462 e. The van der Waals surface area contributed by atoms with E-state index in [9.17, 15) is 43.2 Å². The van der Waals surface area contributed by atoms with E-state index in [4.69, 9.17) is 37.0 Å². The molecular formula is C65H126O17P2. The maximum absolute atomic E-state index is 13.0. The molecule has 19 heteroatoms. The van der Waals surface area contributed by atoms with Gasteiger partial charge in [-0.05, 0) is 49.4 Å². The molecule has 0 saturated heterocycles. The van der Waals surface area contributed by atoms with E-state index in [-0.39, 0.29) is 25.7 Å². The van der Waals surface area contributed by atoms with Crippen molar-refractivity contribution in [3.63, 3.8) is 0 Å². The lowest BCUT2D eigenvalue weighted by Gasteiger charge is -2.21. The quantitative estimate of drug-likeness (QED) is 0.0222. The normalized spacial score (nSPS) is 15.1. The number of rotatable bonds is 62. The van der Waals surface area contributed by atoms with Gasteiger partial charge in [-0.15, -0.1) is 0 Å². The molecule has 3 N–H and O–H groups in total. The van der Waals surface area contributed by atoms with Crippen molar-refractivity contribution >= 4 is 39.5 Å². The van der Waals surface area contributed by atoms with Gasteiger partial charge in [0.15, 0.2) is 12.2 Å². The van der Waals surface area contributed by atoms with Crippen molar-refractivity contribution in [3.8, 4) is 0 Å². The van der Waals surface area contributed by atoms with Gasteiger partial charge in [0.2, 0.25) is 0 Å². The molecule has 0 aliphatic heterocycles. The van der Waals surface area contributed by atoms with Crippen LogP contribution in [0.2, 0.25) is 0 Å². The van der Waals surface area contributed by atoms with Crippen LogP contribution in [-0.2, 0) is 65.4 Å². The molecule has 0 radical (unpaired) electrons. The Morgan fingerprint density at radius 1 is 0.333 bits per heavy atom. The number of esters is 4. The molecule has 0 spiro atoms.